The zero-order chi connectivity index (χ0) is 17.1. The van der Waals surface area contributed by atoms with Crippen molar-refractivity contribution in [2.24, 2.45) is 0 Å². The molecule has 0 aliphatic carbocycles. The minimum atomic E-state index is -0.167. The number of carbonyl (C=O) groups is 1. The fourth-order valence-electron chi connectivity index (χ4n) is 3.76. The Bertz CT molecular complexity index is 746. The van der Waals surface area contributed by atoms with E-state index in [1.807, 2.05) is 30.3 Å². The summed E-state index contributed by atoms with van der Waals surface area (Å²) in [6, 6.07) is 10.4. The number of urea groups is 1. The summed E-state index contributed by atoms with van der Waals surface area (Å²) in [6.45, 7) is 3.86. The first-order chi connectivity index (χ1) is 12.3. The molecule has 6 nitrogen and oxygen atoms in total. The summed E-state index contributed by atoms with van der Waals surface area (Å²) in [5, 5.41) is 6.93. The average Bonchev–Trinajstić information content (AvgIpc) is 3.12. The van der Waals surface area contributed by atoms with Gasteiger partial charge in [-0.05, 0) is 31.0 Å². The molecule has 1 aromatic heterocycles. The molecule has 132 valence electrons. The third kappa shape index (κ3) is 3.75. The number of morpholine rings is 1. The van der Waals surface area contributed by atoms with E-state index < -0.39 is 0 Å². The van der Waals surface area contributed by atoms with Crippen LogP contribution in [0.1, 0.15) is 18.4 Å². The summed E-state index contributed by atoms with van der Waals surface area (Å²) >= 11 is 0. The van der Waals surface area contributed by atoms with Crippen LogP contribution in [0.2, 0.25) is 0 Å². The second kappa shape index (κ2) is 7.37. The van der Waals surface area contributed by atoms with Crippen LogP contribution < -0.4 is 10.6 Å². The molecule has 2 aliphatic rings. The Labute approximate surface area is 147 Å². The van der Waals surface area contributed by atoms with Crippen LogP contribution in [-0.4, -0.2) is 54.3 Å². The highest BCUT2D eigenvalue weighted by Gasteiger charge is 2.32. The maximum atomic E-state index is 12.1. The minimum absolute atomic E-state index is 0.0827. The van der Waals surface area contributed by atoms with E-state index in [1.54, 1.807) is 6.20 Å². The molecule has 2 saturated heterocycles. The first kappa shape index (κ1) is 16.3. The van der Waals surface area contributed by atoms with Crippen LogP contribution in [0.4, 0.5) is 4.79 Å². The predicted molar refractivity (Wildman–Crippen MR) is 96.3 cm³/mol. The molecule has 6 heteroatoms. The van der Waals surface area contributed by atoms with Crippen molar-refractivity contribution in [1.29, 1.82) is 0 Å². The van der Waals surface area contributed by atoms with E-state index in [1.165, 1.54) is 12.8 Å². The molecule has 1 aromatic carbocycles. The number of aromatic nitrogens is 1. The molecule has 2 amide bonds. The molecule has 2 aromatic rings. The number of hydrogen-bond donors (Lipinski definition) is 2. The number of rotatable bonds is 4. The number of para-hydroxylation sites is 1. The molecule has 2 atom stereocenters. The largest absolute Gasteiger partial charge is 0.373 e. The topological polar surface area (TPSA) is 66.5 Å². The van der Waals surface area contributed by atoms with Crippen molar-refractivity contribution in [1.82, 2.24) is 20.5 Å². The smallest absolute Gasteiger partial charge is 0.315 e. The second-order valence-corrected chi connectivity index (χ2v) is 6.80. The number of hydrogen-bond acceptors (Lipinski definition) is 4. The van der Waals surface area contributed by atoms with Crippen molar-refractivity contribution in [2.45, 2.75) is 31.5 Å². The number of amides is 2. The molecule has 2 fully saturated rings. The molecule has 25 heavy (non-hydrogen) atoms. The Morgan fingerprint density at radius 3 is 3.16 bits per heavy atom. The van der Waals surface area contributed by atoms with Crippen molar-refractivity contribution < 1.29 is 9.53 Å². The van der Waals surface area contributed by atoms with Gasteiger partial charge in [0.1, 0.15) is 0 Å². The van der Waals surface area contributed by atoms with E-state index in [0.717, 1.165) is 36.2 Å². The van der Waals surface area contributed by atoms with E-state index >= 15 is 0 Å². The first-order valence-electron chi connectivity index (χ1n) is 8.99. The van der Waals surface area contributed by atoms with Gasteiger partial charge in [-0.2, -0.15) is 0 Å². The molecule has 2 aliphatic heterocycles. The van der Waals surface area contributed by atoms with Crippen LogP contribution in [0, 0.1) is 0 Å². The van der Waals surface area contributed by atoms with Crippen molar-refractivity contribution in [2.75, 3.05) is 26.2 Å². The van der Waals surface area contributed by atoms with E-state index in [9.17, 15) is 4.79 Å². The van der Waals surface area contributed by atoms with Gasteiger partial charge in [0.05, 0.1) is 18.2 Å². The third-order valence-corrected chi connectivity index (χ3v) is 5.11. The number of pyridine rings is 1. The lowest BCUT2D eigenvalue weighted by Gasteiger charge is -2.35. The molecular formula is C19H24N4O2. The summed E-state index contributed by atoms with van der Waals surface area (Å²) in [5.74, 6) is 0. The molecular weight excluding hydrogens is 316 g/mol. The van der Waals surface area contributed by atoms with Crippen LogP contribution >= 0.6 is 0 Å². The van der Waals surface area contributed by atoms with Crippen molar-refractivity contribution in [3.05, 3.63) is 42.1 Å². The van der Waals surface area contributed by atoms with Gasteiger partial charge in [0.15, 0.2) is 0 Å². The monoisotopic (exact) mass is 340 g/mol. The van der Waals surface area contributed by atoms with E-state index in [2.05, 4.69) is 20.5 Å². The zero-order valence-corrected chi connectivity index (χ0v) is 14.3. The molecule has 0 unspecified atom stereocenters. The number of nitrogens with one attached hydrogen (secondary N) is 2. The number of nitrogens with zero attached hydrogens (tertiary/aromatic N) is 2. The highest BCUT2D eigenvalue weighted by molar-refractivity contribution is 5.82. The van der Waals surface area contributed by atoms with Crippen LogP contribution in [-0.2, 0) is 11.3 Å². The van der Waals surface area contributed by atoms with Crippen LogP contribution in [0.15, 0.2) is 36.5 Å². The molecule has 0 saturated carbocycles. The first-order valence-corrected chi connectivity index (χ1v) is 8.99. The molecule has 0 radical (unpaired) electrons. The quantitative estimate of drug-likeness (QED) is 0.892. The van der Waals surface area contributed by atoms with Gasteiger partial charge in [0.25, 0.3) is 0 Å². The Kier molecular flexibility index (Phi) is 4.81. The maximum Gasteiger partial charge on any atom is 0.315 e. The van der Waals surface area contributed by atoms with Crippen LogP contribution in [0.3, 0.4) is 0 Å². The van der Waals surface area contributed by atoms with Gasteiger partial charge in [-0.15, -0.1) is 0 Å². The Morgan fingerprint density at radius 2 is 2.20 bits per heavy atom. The molecule has 0 bridgehead atoms. The summed E-state index contributed by atoms with van der Waals surface area (Å²) in [7, 11) is 0. The van der Waals surface area contributed by atoms with Crippen LogP contribution in [0.25, 0.3) is 10.9 Å². The van der Waals surface area contributed by atoms with Gasteiger partial charge < -0.3 is 15.4 Å². The fraction of sp³-hybridized carbons (Fsp3) is 0.474. The van der Waals surface area contributed by atoms with Crippen molar-refractivity contribution in [3.8, 4) is 0 Å². The second-order valence-electron chi connectivity index (χ2n) is 6.80. The van der Waals surface area contributed by atoms with Gasteiger partial charge in [-0.25, -0.2) is 4.79 Å². The third-order valence-electron chi connectivity index (χ3n) is 5.11. The van der Waals surface area contributed by atoms with Gasteiger partial charge in [-0.3, -0.25) is 9.88 Å². The molecule has 0 spiro atoms. The van der Waals surface area contributed by atoms with Crippen molar-refractivity contribution in [3.63, 3.8) is 0 Å². The predicted octanol–water partition coefficient (Wildman–Crippen LogP) is 1.90. The highest BCUT2D eigenvalue weighted by Crippen LogP contribution is 2.22. The van der Waals surface area contributed by atoms with Crippen molar-refractivity contribution >= 4 is 16.9 Å². The summed E-state index contributed by atoms with van der Waals surface area (Å²) < 4.78 is 5.87. The van der Waals surface area contributed by atoms with Crippen LogP contribution in [0.5, 0.6) is 0 Å². The van der Waals surface area contributed by atoms with Gasteiger partial charge in [-0.1, -0.05) is 24.3 Å². The number of ether oxygens (including phenoxy) is 1. The fourth-order valence-corrected chi connectivity index (χ4v) is 3.76. The normalized spacial score (nSPS) is 23.4. The van der Waals surface area contributed by atoms with E-state index in [0.29, 0.717) is 19.1 Å². The SMILES string of the molecule is O=C(NCc1cccc2cccnc12)NC[C@H]1CN2CCC[C@H]2CO1. The summed E-state index contributed by atoms with van der Waals surface area (Å²) in [6.07, 6.45) is 4.35. The lowest BCUT2D eigenvalue weighted by Crippen LogP contribution is -2.51. The summed E-state index contributed by atoms with van der Waals surface area (Å²) in [5.41, 5.74) is 1.95. The Morgan fingerprint density at radius 1 is 1.28 bits per heavy atom. The molecule has 3 heterocycles. The average molecular weight is 340 g/mol. The standard InChI is InChI=1S/C19H24N4O2/c24-19(22-11-17-12-23-9-3-7-16(23)13-25-17)21-10-15-5-1-4-14-6-2-8-20-18(14)15/h1-2,4-6,8,16-17H,3,7,9-13H2,(H2,21,22,24)/t16-,17-/m0/s1. The van der Waals surface area contributed by atoms with Gasteiger partial charge in [0, 0.05) is 37.3 Å². The Balaban J connectivity index is 1.26. The minimum Gasteiger partial charge on any atom is -0.373 e. The molecule has 4 rings (SSSR count). The highest BCUT2D eigenvalue weighted by atomic mass is 16.5. The lowest BCUT2D eigenvalue weighted by molar-refractivity contribution is -0.0457. The summed E-state index contributed by atoms with van der Waals surface area (Å²) in [4.78, 5) is 19.0. The van der Waals surface area contributed by atoms with Gasteiger partial charge in [0.2, 0.25) is 0 Å². The number of fused-ring (bicyclic) bond motifs is 2. The lowest BCUT2D eigenvalue weighted by atomic mass is 10.1. The van der Waals surface area contributed by atoms with Gasteiger partial charge >= 0.3 is 6.03 Å². The zero-order valence-electron chi connectivity index (χ0n) is 14.3. The van der Waals surface area contributed by atoms with E-state index in [-0.39, 0.29) is 12.1 Å². The van der Waals surface area contributed by atoms with E-state index in [4.69, 9.17) is 4.74 Å². The molecule has 2 N–H and O–H groups in total. The number of benzene rings is 1. The number of carbonyl (C=O) groups excluding carboxylic acids is 1. The Hall–Kier alpha value is -2.18. The maximum absolute atomic E-state index is 12.1.